The highest BCUT2D eigenvalue weighted by molar-refractivity contribution is 6.10. The Morgan fingerprint density at radius 3 is 1.14 bits per heavy atom. The quantitative estimate of drug-likeness (QED) is 0.0693. The highest BCUT2D eigenvalue weighted by Crippen LogP contribution is 2.36. The highest BCUT2D eigenvalue weighted by atomic mass is 19.1. The molecule has 0 saturated carbocycles. The van der Waals surface area contributed by atoms with E-state index in [9.17, 15) is 44.0 Å². The summed E-state index contributed by atoms with van der Waals surface area (Å²) in [6, 6.07) is 59.8. The third-order valence-corrected chi connectivity index (χ3v) is 25.5. The van der Waals surface area contributed by atoms with Crippen LogP contribution in [0.1, 0.15) is 113 Å². The van der Waals surface area contributed by atoms with Crippen LogP contribution in [0.3, 0.4) is 0 Å². The van der Waals surface area contributed by atoms with Gasteiger partial charge in [0, 0.05) is 102 Å². The number of ether oxygens (including phenoxy) is 4. The first-order valence-electron chi connectivity index (χ1n) is 44.5. The van der Waals surface area contributed by atoms with Crippen LogP contribution in [-0.2, 0) is 44.6 Å². The van der Waals surface area contributed by atoms with E-state index in [2.05, 4.69) is 92.8 Å². The van der Waals surface area contributed by atoms with Gasteiger partial charge in [-0.15, -0.1) is 0 Å². The summed E-state index contributed by atoms with van der Waals surface area (Å²) in [6.45, 7) is 10.9. The summed E-state index contributed by atoms with van der Waals surface area (Å²) in [5.74, 6) is -0.418. The average Bonchev–Trinajstić information content (AvgIpc) is 0.762. The second-order valence-corrected chi connectivity index (χ2v) is 34.3. The van der Waals surface area contributed by atoms with Crippen molar-refractivity contribution >= 4 is 92.3 Å². The predicted molar refractivity (Wildman–Crippen MR) is 510 cm³/mol. The lowest BCUT2D eigenvalue weighted by Gasteiger charge is -2.29. The van der Waals surface area contributed by atoms with Gasteiger partial charge in [-0.2, -0.15) is 0 Å². The molecule has 0 unspecified atom stereocenters. The molecule has 22 rings (SSSR count). The molecule has 133 heavy (non-hydrogen) atoms. The molecule has 18 aromatic rings. The zero-order chi connectivity index (χ0) is 91.3. The number of pyridine rings is 4. The molecule has 0 aliphatic carbocycles. The number of nitrogens with zero attached hydrogens (tertiary/aromatic N) is 14. The van der Waals surface area contributed by atoms with Crippen molar-refractivity contribution in [2.75, 3.05) is 52.9 Å². The number of halogens is 1. The fourth-order valence-electron chi connectivity index (χ4n) is 18.7. The largest absolute Gasteiger partial charge is 0.391 e. The Morgan fingerprint density at radius 2 is 0.737 bits per heavy atom. The molecule has 9 aromatic heterocycles. The Morgan fingerprint density at radius 1 is 0.353 bits per heavy atom. The molecule has 9 aromatic carbocycles. The van der Waals surface area contributed by atoms with Gasteiger partial charge in [-0.05, 0) is 204 Å². The van der Waals surface area contributed by atoms with Crippen LogP contribution in [0.25, 0.3) is 115 Å². The van der Waals surface area contributed by atoms with E-state index in [4.69, 9.17) is 18.9 Å². The molecular weight excluding hydrogens is 1680 g/mol. The Hall–Kier alpha value is -14.4. The standard InChI is InChI=1S/C28H23FN4O3.C28H24N4O3.C26H25N3O3.C24H23N3O3/c29-20-11-19(13-30-14-20)24-10-17(5-7-31-24)9-18-12-23-27(22-4-2-1-3-21(18)22)32-16-33(28(23)35)25-6-8-36-15-26(25)34;33-26-16-35-12-9-25(26)32-17-31-27-22-4-2-1-3-21(22)20(14-23(27)28(32)34)13-18-5-7-19(8-6-18)24-15-29-10-11-30-24;1-16(2)22-12-17(7-9-27-22)11-18-13-21-25(20-6-4-3-5-19(18)20)28-15-29(26(21)31)23-14-32-10-8-24(23)30;1-15-10-16(6-8-25-15)11-17-12-20-23(19-5-3-2-4-18(17)19)26-14-27(24(20)29)21-13-30-9-7-22(21)28/h1-5,7,10-14,16,25-26,34H,6,8-9,15H2;1-8,10-11,14-15,17,25-26,33H,9,12-13,16H2;3-7,9,12-13,15,23-24,30H,1,8,10-11,14H2,2H3;2-6,8,10,12,14,21-22,28H,7,9,11,13H2,1H3/t2*25-,26-;23-,24-;21-,22-/m0000/s1. The van der Waals surface area contributed by atoms with Crippen LogP contribution in [0.4, 0.5) is 4.39 Å². The Labute approximate surface area is 761 Å². The zero-order valence-electron chi connectivity index (χ0n) is 73.2. The maximum Gasteiger partial charge on any atom is 0.261 e. The van der Waals surface area contributed by atoms with Crippen LogP contribution in [0.15, 0.2) is 289 Å². The highest BCUT2D eigenvalue weighted by Gasteiger charge is 2.32. The van der Waals surface area contributed by atoms with E-state index >= 15 is 0 Å². The van der Waals surface area contributed by atoms with Crippen molar-refractivity contribution in [2.45, 2.75) is 114 Å². The predicted octanol–water partition coefficient (Wildman–Crippen LogP) is 15.0. The topological polar surface area (TPSA) is 335 Å². The number of rotatable bonds is 15. The van der Waals surface area contributed by atoms with Crippen molar-refractivity contribution in [1.29, 1.82) is 0 Å². The first-order valence-corrected chi connectivity index (χ1v) is 44.5. The summed E-state index contributed by atoms with van der Waals surface area (Å²) in [6.07, 6.45) is 21.3. The minimum atomic E-state index is -0.761. The second-order valence-electron chi connectivity index (χ2n) is 34.3. The summed E-state index contributed by atoms with van der Waals surface area (Å²) < 4.78 is 41.6. The van der Waals surface area contributed by atoms with Gasteiger partial charge in [0.15, 0.2) is 0 Å². The van der Waals surface area contributed by atoms with Gasteiger partial charge in [0.1, 0.15) is 5.82 Å². The first kappa shape index (κ1) is 87.9. The number of allylic oxidation sites excluding steroid dienone is 1. The van der Waals surface area contributed by atoms with E-state index in [1.54, 1.807) is 60.7 Å². The smallest absolute Gasteiger partial charge is 0.261 e. The molecule has 668 valence electrons. The molecule has 0 bridgehead atoms. The number of hydrogen-bond acceptors (Lipinski definition) is 22. The average molecular weight is 1780 g/mol. The van der Waals surface area contributed by atoms with E-state index in [0.717, 1.165) is 122 Å². The SMILES string of the molecule is C=C(C)c1cc(Cc2cc3c(=O)n([C@H]4COCC[C@@H]4O)cnc3c3ccccc23)ccn1.Cc1cc(Cc2cc3c(=O)n([C@H]4COCC[C@@H]4O)cnc3c3ccccc23)ccn1.O=c1c2cc(Cc3ccc(-c4cnccn4)cc3)c3ccccc3c2ncn1[C@H]1CCOC[C@@H]1O.O=c1c2cc(Cc3ccnc(-c4cncc(F)c4)c3)c3ccccc3c2ncn1[C@H]1CCOC[C@@H]1O. The molecule has 4 aliphatic heterocycles. The van der Waals surface area contributed by atoms with Crippen LogP contribution in [0.5, 0.6) is 0 Å². The summed E-state index contributed by atoms with van der Waals surface area (Å²) >= 11 is 0. The van der Waals surface area contributed by atoms with Gasteiger partial charge >= 0.3 is 0 Å². The molecular formula is C106H95FN14O12. The Kier molecular flexibility index (Phi) is 25.8. The number of aryl methyl sites for hydroxylation is 1. The number of aromatic nitrogens is 14. The number of hydrogen-bond donors (Lipinski definition) is 4. The molecule has 4 aliphatic rings. The van der Waals surface area contributed by atoms with Crippen molar-refractivity contribution < 1.29 is 43.8 Å². The normalized spacial score (nSPS) is 18.6. The molecule has 27 heteroatoms. The number of aliphatic hydroxyl groups excluding tert-OH is 4. The van der Waals surface area contributed by atoms with Crippen LogP contribution in [0.2, 0.25) is 0 Å². The minimum Gasteiger partial charge on any atom is -0.391 e. The third-order valence-electron chi connectivity index (χ3n) is 25.5. The van der Waals surface area contributed by atoms with E-state index in [1.807, 2.05) is 166 Å². The lowest BCUT2D eigenvalue weighted by atomic mass is 9.95. The third kappa shape index (κ3) is 18.5. The summed E-state index contributed by atoms with van der Waals surface area (Å²) in [5.41, 5.74) is 16.4. The van der Waals surface area contributed by atoms with Crippen LogP contribution >= 0.6 is 0 Å². The van der Waals surface area contributed by atoms with Gasteiger partial charge in [-0.3, -0.25) is 67.4 Å². The lowest BCUT2D eigenvalue weighted by Crippen LogP contribution is -2.39. The van der Waals surface area contributed by atoms with E-state index in [-0.39, 0.29) is 47.5 Å². The molecule has 0 spiro atoms. The number of aliphatic hydroxyl groups is 4. The summed E-state index contributed by atoms with van der Waals surface area (Å²) in [7, 11) is 0. The van der Waals surface area contributed by atoms with Crippen molar-refractivity contribution in [3.8, 4) is 22.5 Å². The van der Waals surface area contributed by atoms with Gasteiger partial charge in [-0.1, -0.05) is 128 Å². The van der Waals surface area contributed by atoms with Crippen molar-refractivity contribution in [2.24, 2.45) is 0 Å². The van der Waals surface area contributed by atoms with E-state index in [1.165, 1.54) is 26.1 Å². The molecule has 13 heterocycles. The van der Waals surface area contributed by atoms with Gasteiger partial charge in [0.2, 0.25) is 0 Å². The van der Waals surface area contributed by atoms with Crippen molar-refractivity contribution in [3.05, 3.63) is 373 Å². The Balaban J connectivity index is 0.000000115. The molecule has 26 nitrogen and oxygen atoms in total. The maximum atomic E-state index is 13.7. The first-order chi connectivity index (χ1) is 64.9. The Bertz CT molecular complexity index is 7710. The van der Waals surface area contributed by atoms with Gasteiger partial charge < -0.3 is 39.4 Å². The van der Waals surface area contributed by atoms with Gasteiger partial charge in [0.05, 0.1) is 173 Å². The van der Waals surface area contributed by atoms with Crippen LogP contribution < -0.4 is 22.2 Å². The fraction of sp³-hybridized carbons (Fsp3) is 0.245. The summed E-state index contributed by atoms with van der Waals surface area (Å²) in [5, 5.41) is 51.9. The molecule has 4 N–H and O–H groups in total. The fourth-order valence-corrected chi connectivity index (χ4v) is 18.7. The van der Waals surface area contributed by atoms with E-state index in [0.29, 0.717) is 146 Å². The maximum absolute atomic E-state index is 13.7. The minimum absolute atomic E-state index is 0.133. The lowest BCUT2D eigenvalue weighted by molar-refractivity contribution is -0.0395. The van der Waals surface area contributed by atoms with Crippen LogP contribution in [-0.4, -0.2) is 166 Å². The number of benzene rings is 9. The zero-order valence-corrected chi connectivity index (χ0v) is 73.2. The molecule has 4 fully saturated rings. The number of fused-ring (bicyclic) bond motifs is 12. The molecule has 0 radical (unpaired) electrons. The molecule has 4 saturated heterocycles. The van der Waals surface area contributed by atoms with Gasteiger partial charge in [-0.25, -0.2) is 24.3 Å². The summed E-state index contributed by atoms with van der Waals surface area (Å²) in [4.78, 5) is 98.2. The molecule has 8 atom stereocenters. The monoisotopic (exact) mass is 1770 g/mol. The van der Waals surface area contributed by atoms with Crippen LogP contribution in [0, 0.1) is 12.7 Å². The molecule has 0 amide bonds. The van der Waals surface area contributed by atoms with Crippen molar-refractivity contribution in [1.82, 2.24) is 68.1 Å². The van der Waals surface area contributed by atoms with E-state index < -0.39 is 42.3 Å². The van der Waals surface area contributed by atoms with Crippen molar-refractivity contribution in [3.63, 3.8) is 0 Å². The van der Waals surface area contributed by atoms with Gasteiger partial charge in [0.25, 0.3) is 22.2 Å². The second kappa shape index (κ2) is 39.0.